The molecule has 10 heteroatoms. The molecule has 1 atom stereocenters. The molecule has 0 fully saturated rings. The third-order valence-electron chi connectivity index (χ3n) is 6.39. The lowest BCUT2D eigenvalue weighted by atomic mass is 9.93. The number of benzene rings is 3. The van der Waals surface area contributed by atoms with Crippen LogP contribution in [0.25, 0.3) is 11.1 Å². The molecule has 0 saturated carbocycles. The first-order valence-corrected chi connectivity index (χ1v) is 14.8. The number of aromatic nitrogens is 1. The fourth-order valence-corrected chi connectivity index (χ4v) is 5.48. The van der Waals surface area contributed by atoms with Crippen molar-refractivity contribution in [3.63, 3.8) is 0 Å². The Labute approximate surface area is 240 Å². The molecule has 1 heterocycles. The van der Waals surface area contributed by atoms with Crippen LogP contribution in [0.1, 0.15) is 32.8 Å². The molecule has 0 saturated heterocycles. The topological polar surface area (TPSA) is 82.5 Å². The zero-order valence-electron chi connectivity index (χ0n) is 22.1. The highest BCUT2D eigenvalue weighted by molar-refractivity contribution is 7.98. The van der Waals surface area contributed by atoms with E-state index in [0.717, 1.165) is 27.6 Å². The second-order valence-electron chi connectivity index (χ2n) is 9.29. The minimum absolute atomic E-state index is 0.299. The Morgan fingerprint density at radius 2 is 1.80 bits per heavy atom. The van der Waals surface area contributed by atoms with Crippen molar-refractivity contribution in [1.29, 1.82) is 0 Å². The Morgan fingerprint density at radius 3 is 2.45 bits per heavy atom. The van der Waals surface area contributed by atoms with Gasteiger partial charge in [-0.05, 0) is 71.9 Å². The van der Waals surface area contributed by atoms with E-state index in [1.165, 1.54) is 35.2 Å². The molecule has 2 N–H and O–H groups in total. The fraction of sp³-hybridized carbons (Fsp3) is 0.233. The van der Waals surface area contributed by atoms with Crippen molar-refractivity contribution in [2.75, 3.05) is 16.9 Å². The van der Waals surface area contributed by atoms with Gasteiger partial charge in [0.05, 0.1) is 12.1 Å². The smallest absolute Gasteiger partial charge is 0.326 e. The van der Waals surface area contributed by atoms with E-state index < -0.39 is 29.6 Å². The number of nitrogens with one attached hydrogen (secondary N) is 1. The Bertz CT molecular complexity index is 1460. The molecule has 0 spiro atoms. The largest absolute Gasteiger partial charge is 0.480 e. The van der Waals surface area contributed by atoms with E-state index in [0.29, 0.717) is 42.1 Å². The summed E-state index contributed by atoms with van der Waals surface area (Å²) in [6.07, 6.45) is 3.90. The van der Waals surface area contributed by atoms with E-state index in [4.69, 9.17) is 0 Å². The number of hydrogen-bond donors (Lipinski definition) is 2. The van der Waals surface area contributed by atoms with Crippen LogP contribution < -0.4 is 10.2 Å². The van der Waals surface area contributed by atoms with E-state index in [-0.39, 0.29) is 0 Å². The third-order valence-corrected chi connectivity index (χ3v) is 7.80. The molecule has 0 radical (unpaired) electrons. The number of carboxylic acids is 1. The van der Waals surface area contributed by atoms with Crippen LogP contribution in [0, 0.1) is 18.6 Å². The maximum Gasteiger partial charge on any atom is 0.326 e. The maximum absolute atomic E-state index is 14.2. The van der Waals surface area contributed by atoms with Gasteiger partial charge < -0.3 is 15.3 Å². The lowest BCUT2D eigenvalue weighted by Crippen LogP contribution is -2.41. The minimum Gasteiger partial charge on any atom is -0.480 e. The molecular weight excluding hydrogens is 552 g/mol. The maximum atomic E-state index is 14.2. The molecule has 0 bridgehead atoms. The zero-order chi connectivity index (χ0) is 28.6. The molecule has 0 unspecified atom stereocenters. The molecule has 0 aliphatic carbocycles. The number of carbonyl (C=O) groups excluding carboxylic acids is 1. The van der Waals surface area contributed by atoms with Crippen LogP contribution in [0.5, 0.6) is 0 Å². The second kappa shape index (κ2) is 13.5. The molecule has 208 valence electrons. The summed E-state index contributed by atoms with van der Waals surface area (Å²) < 4.78 is 28.3. The van der Waals surface area contributed by atoms with Crippen LogP contribution in [0.3, 0.4) is 0 Å². The number of carbonyl (C=O) groups is 2. The molecule has 3 aromatic carbocycles. The summed E-state index contributed by atoms with van der Waals surface area (Å²) in [5.41, 5.74) is 5.65. The number of nitrogens with zero attached hydrogens (tertiary/aromatic N) is 2. The van der Waals surface area contributed by atoms with E-state index in [1.807, 2.05) is 48.4 Å². The number of amides is 1. The summed E-state index contributed by atoms with van der Waals surface area (Å²) in [4.78, 5) is 32.1. The van der Waals surface area contributed by atoms with Crippen LogP contribution in [-0.2, 0) is 17.9 Å². The first-order valence-electron chi connectivity index (χ1n) is 12.5. The van der Waals surface area contributed by atoms with Gasteiger partial charge in [-0.25, -0.2) is 13.6 Å². The van der Waals surface area contributed by atoms with Crippen LogP contribution >= 0.6 is 23.1 Å². The quantitative estimate of drug-likeness (QED) is 0.198. The van der Waals surface area contributed by atoms with Crippen molar-refractivity contribution in [3.8, 4) is 11.1 Å². The van der Waals surface area contributed by atoms with Crippen molar-refractivity contribution < 1.29 is 23.5 Å². The van der Waals surface area contributed by atoms with Crippen molar-refractivity contribution in [2.45, 2.75) is 32.5 Å². The number of rotatable bonds is 12. The van der Waals surface area contributed by atoms with Gasteiger partial charge in [0, 0.05) is 34.9 Å². The standard InChI is InChI=1S/C30H29F2N3O3S2/c1-19-5-3-4-6-25(19)27-11-20(7-8-26(27)29(36)34-28(30(37)38)9-10-39-2)16-35(17-24-15-33-18-40-24)23-13-21(31)12-22(32)14-23/h3-8,11-15,18,28H,9-10,16-17H2,1-2H3,(H,34,36)(H,37,38)/t28-/m0/s1. The fourth-order valence-electron chi connectivity index (χ4n) is 4.40. The van der Waals surface area contributed by atoms with Crippen molar-refractivity contribution >= 4 is 40.7 Å². The van der Waals surface area contributed by atoms with Crippen LogP contribution in [0.15, 0.2) is 72.4 Å². The van der Waals surface area contributed by atoms with E-state index >= 15 is 0 Å². The summed E-state index contributed by atoms with van der Waals surface area (Å²) in [7, 11) is 0. The van der Waals surface area contributed by atoms with Gasteiger partial charge in [0.1, 0.15) is 17.7 Å². The Hall–Kier alpha value is -3.76. The van der Waals surface area contributed by atoms with Crippen molar-refractivity contribution in [3.05, 3.63) is 106 Å². The summed E-state index contributed by atoms with van der Waals surface area (Å²) >= 11 is 2.96. The molecule has 40 heavy (non-hydrogen) atoms. The minimum atomic E-state index is -1.09. The molecule has 1 aromatic heterocycles. The molecule has 0 aliphatic heterocycles. The first-order chi connectivity index (χ1) is 19.2. The van der Waals surface area contributed by atoms with Gasteiger partial charge >= 0.3 is 5.97 Å². The zero-order valence-corrected chi connectivity index (χ0v) is 23.7. The average molecular weight is 582 g/mol. The van der Waals surface area contributed by atoms with Crippen LogP contribution in [0.2, 0.25) is 0 Å². The number of anilines is 1. The number of aryl methyl sites for hydroxylation is 1. The van der Waals surface area contributed by atoms with Crippen molar-refractivity contribution in [1.82, 2.24) is 10.3 Å². The number of thioether (sulfide) groups is 1. The van der Waals surface area contributed by atoms with Gasteiger partial charge in [0.15, 0.2) is 0 Å². The van der Waals surface area contributed by atoms with Crippen molar-refractivity contribution in [2.24, 2.45) is 0 Å². The summed E-state index contributed by atoms with van der Waals surface area (Å²) in [5.74, 6) is -2.32. The van der Waals surface area contributed by atoms with Gasteiger partial charge in [-0.1, -0.05) is 30.3 Å². The second-order valence-corrected chi connectivity index (χ2v) is 11.2. The number of carboxylic acid groups (broad SMARTS) is 1. The van der Waals surface area contributed by atoms with Crippen LogP contribution in [-0.4, -0.2) is 40.0 Å². The van der Waals surface area contributed by atoms with Gasteiger partial charge in [-0.3, -0.25) is 9.78 Å². The number of hydrogen-bond acceptors (Lipinski definition) is 6. The normalized spacial score (nSPS) is 11.7. The lowest BCUT2D eigenvalue weighted by molar-refractivity contribution is -0.139. The summed E-state index contributed by atoms with van der Waals surface area (Å²) in [5, 5.41) is 12.3. The highest BCUT2D eigenvalue weighted by Crippen LogP contribution is 2.30. The van der Waals surface area contributed by atoms with Crippen LogP contribution in [0.4, 0.5) is 14.5 Å². The first kappa shape index (κ1) is 29.2. The Kier molecular flexibility index (Phi) is 9.89. The lowest BCUT2D eigenvalue weighted by Gasteiger charge is -2.25. The molecule has 6 nitrogen and oxygen atoms in total. The molecule has 4 aromatic rings. The number of aliphatic carboxylic acids is 1. The van der Waals surface area contributed by atoms with E-state index in [2.05, 4.69) is 10.3 Å². The van der Waals surface area contributed by atoms with Gasteiger partial charge in [0.25, 0.3) is 5.91 Å². The molecular formula is C30H29F2N3O3S2. The summed E-state index contributed by atoms with van der Waals surface area (Å²) in [6.45, 7) is 2.62. The van der Waals surface area contributed by atoms with E-state index in [1.54, 1.807) is 23.8 Å². The predicted molar refractivity (Wildman–Crippen MR) is 157 cm³/mol. The SMILES string of the molecule is CSCC[C@H](NC(=O)c1ccc(CN(Cc2cncs2)c2cc(F)cc(F)c2)cc1-c1ccccc1C)C(=O)O. The highest BCUT2D eigenvalue weighted by atomic mass is 32.2. The highest BCUT2D eigenvalue weighted by Gasteiger charge is 2.23. The Balaban J connectivity index is 1.73. The predicted octanol–water partition coefficient (Wildman–Crippen LogP) is 6.54. The van der Waals surface area contributed by atoms with Gasteiger partial charge in [0.2, 0.25) is 0 Å². The molecule has 1 amide bonds. The average Bonchev–Trinajstić information content (AvgIpc) is 3.43. The molecule has 0 aliphatic rings. The monoisotopic (exact) mass is 581 g/mol. The summed E-state index contributed by atoms with van der Waals surface area (Å²) in [6, 6.07) is 15.4. The third kappa shape index (κ3) is 7.45. The molecule has 4 rings (SSSR count). The Morgan fingerprint density at radius 1 is 1.05 bits per heavy atom. The van der Waals surface area contributed by atoms with E-state index in [9.17, 15) is 23.5 Å². The number of thiazole rings is 1. The number of halogens is 2. The van der Waals surface area contributed by atoms with Gasteiger partial charge in [-0.15, -0.1) is 11.3 Å². The van der Waals surface area contributed by atoms with Gasteiger partial charge in [-0.2, -0.15) is 11.8 Å².